The van der Waals surface area contributed by atoms with E-state index in [0.29, 0.717) is 24.8 Å². The Labute approximate surface area is 187 Å². The molecule has 2 unspecified atom stereocenters. The van der Waals surface area contributed by atoms with Gasteiger partial charge in [-0.05, 0) is 54.7 Å². The zero-order valence-electron chi connectivity index (χ0n) is 17.5. The molecule has 33 heavy (non-hydrogen) atoms. The van der Waals surface area contributed by atoms with E-state index in [-0.39, 0.29) is 48.0 Å². The van der Waals surface area contributed by atoms with E-state index >= 15 is 0 Å². The molecule has 0 aromatic heterocycles. The van der Waals surface area contributed by atoms with Crippen LogP contribution in [0.3, 0.4) is 0 Å². The molecule has 0 radical (unpaired) electrons. The minimum atomic E-state index is -4.47. The van der Waals surface area contributed by atoms with Crippen molar-refractivity contribution in [2.24, 2.45) is 11.8 Å². The highest BCUT2D eigenvalue weighted by Crippen LogP contribution is 2.33. The highest BCUT2D eigenvalue weighted by atomic mass is 19.4. The number of amides is 3. The van der Waals surface area contributed by atoms with Gasteiger partial charge in [-0.2, -0.15) is 13.2 Å². The number of imide groups is 1. The van der Waals surface area contributed by atoms with Crippen LogP contribution in [-0.4, -0.2) is 23.5 Å². The second-order valence-electron chi connectivity index (χ2n) is 8.40. The highest BCUT2D eigenvalue weighted by Gasteiger charge is 2.36. The molecule has 1 fully saturated rings. The maximum Gasteiger partial charge on any atom is 0.416 e. The molecule has 2 aromatic rings. The first kappa shape index (κ1) is 22.7. The van der Waals surface area contributed by atoms with Crippen molar-refractivity contribution >= 4 is 23.5 Å². The Morgan fingerprint density at radius 3 is 2.42 bits per heavy atom. The van der Waals surface area contributed by atoms with Gasteiger partial charge in [-0.1, -0.05) is 18.2 Å². The molecule has 1 heterocycles. The summed E-state index contributed by atoms with van der Waals surface area (Å²) in [5.74, 6) is -1.86. The second-order valence-corrected chi connectivity index (χ2v) is 8.40. The topological polar surface area (TPSA) is 92.3 Å². The van der Waals surface area contributed by atoms with Crippen LogP contribution in [0, 0.1) is 11.8 Å². The zero-order chi connectivity index (χ0) is 23.8. The summed E-state index contributed by atoms with van der Waals surface area (Å²) in [5, 5.41) is 4.99. The van der Waals surface area contributed by atoms with E-state index in [9.17, 15) is 32.3 Å². The van der Waals surface area contributed by atoms with Crippen molar-refractivity contribution < 1.29 is 32.3 Å². The molecule has 1 saturated heterocycles. The molecule has 6 nitrogen and oxygen atoms in total. The minimum Gasteiger partial charge on any atom is -0.348 e. The number of hydrogen-bond acceptors (Lipinski definition) is 4. The molecule has 1 aliphatic heterocycles. The van der Waals surface area contributed by atoms with Crippen LogP contribution in [-0.2, 0) is 28.7 Å². The molecule has 0 spiro atoms. The molecule has 172 valence electrons. The Morgan fingerprint density at radius 1 is 1.03 bits per heavy atom. The van der Waals surface area contributed by atoms with Crippen LogP contribution in [0.1, 0.15) is 56.7 Å². The summed E-state index contributed by atoms with van der Waals surface area (Å²) < 4.78 is 38.0. The first-order chi connectivity index (χ1) is 15.6. The predicted octanol–water partition coefficient (Wildman–Crippen LogP) is 3.43. The van der Waals surface area contributed by atoms with Gasteiger partial charge in [0.15, 0.2) is 5.78 Å². The number of fused-ring (bicyclic) bond motifs is 1. The van der Waals surface area contributed by atoms with Crippen LogP contribution >= 0.6 is 0 Å². The molecule has 2 aromatic carbocycles. The van der Waals surface area contributed by atoms with Gasteiger partial charge in [0.2, 0.25) is 11.8 Å². The Morgan fingerprint density at radius 2 is 1.76 bits per heavy atom. The fraction of sp³-hybridized carbons (Fsp3) is 0.333. The summed E-state index contributed by atoms with van der Waals surface area (Å²) in [6.07, 6.45) is -2.90. The number of hydrogen-bond donors (Lipinski definition) is 2. The van der Waals surface area contributed by atoms with E-state index in [1.54, 1.807) is 12.1 Å². The molecule has 2 aliphatic rings. The maximum atomic E-state index is 12.8. The number of Topliss-reactive ketones (excluding diaryl/α,β-unsaturated/α-hetero) is 1. The Balaban J connectivity index is 1.36. The quantitative estimate of drug-likeness (QED) is 0.672. The smallest absolute Gasteiger partial charge is 0.348 e. The molecule has 3 amide bonds. The Kier molecular flexibility index (Phi) is 6.05. The van der Waals surface area contributed by atoms with Crippen LogP contribution in [0.15, 0.2) is 42.5 Å². The number of benzene rings is 2. The summed E-state index contributed by atoms with van der Waals surface area (Å²) in [7, 11) is 0. The first-order valence-electron chi connectivity index (χ1n) is 10.6. The van der Waals surface area contributed by atoms with Gasteiger partial charge in [-0.3, -0.25) is 24.5 Å². The largest absolute Gasteiger partial charge is 0.416 e. The highest BCUT2D eigenvalue weighted by molar-refractivity contribution is 6.03. The molecule has 2 atom stereocenters. The van der Waals surface area contributed by atoms with Crippen LogP contribution in [0.4, 0.5) is 13.2 Å². The van der Waals surface area contributed by atoms with Gasteiger partial charge in [-0.15, -0.1) is 0 Å². The molecule has 1 aliphatic carbocycles. The normalized spacial score (nSPS) is 20.4. The maximum absolute atomic E-state index is 12.8. The Bertz CT molecular complexity index is 1130. The first-order valence-corrected chi connectivity index (χ1v) is 10.6. The van der Waals surface area contributed by atoms with Gasteiger partial charge in [0.1, 0.15) is 0 Å². The molecular formula is C24H21F3N2O4. The molecule has 0 bridgehead atoms. The lowest BCUT2D eigenvalue weighted by molar-refractivity contribution is -0.138. The number of alkyl halides is 3. The molecule has 9 heteroatoms. The molecule has 2 N–H and O–H groups in total. The standard InChI is InChI=1S/C24H21F3N2O4/c25-24(26,27)18-5-2-14(3-6-18)22(32)28-12-13-1-7-19-16(9-13)11-17(21(19)31)10-15-4-8-20(30)29-23(15)33/h1-3,5-7,9,15,17H,4,8,10-12H2,(H,28,32)(H,29,30,33). The van der Waals surface area contributed by atoms with E-state index in [4.69, 9.17) is 0 Å². The van der Waals surface area contributed by atoms with Crippen molar-refractivity contribution in [3.63, 3.8) is 0 Å². The van der Waals surface area contributed by atoms with Crippen molar-refractivity contribution in [3.05, 3.63) is 70.3 Å². The summed E-state index contributed by atoms with van der Waals surface area (Å²) in [6.45, 7) is 0.152. The van der Waals surface area contributed by atoms with E-state index in [0.717, 1.165) is 35.4 Å². The number of rotatable bonds is 5. The van der Waals surface area contributed by atoms with Gasteiger partial charge in [0, 0.05) is 35.9 Å². The van der Waals surface area contributed by atoms with Crippen LogP contribution in [0.25, 0.3) is 0 Å². The summed E-state index contributed by atoms with van der Waals surface area (Å²) in [5.41, 5.74) is 1.46. The van der Waals surface area contributed by atoms with Crippen LogP contribution < -0.4 is 10.6 Å². The van der Waals surface area contributed by atoms with E-state index < -0.39 is 17.6 Å². The fourth-order valence-electron chi connectivity index (χ4n) is 4.34. The lowest BCUT2D eigenvalue weighted by Crippen LogP contribution is -2.41. The van der Waals surface area contributed by atoms with Gasteiger partial charge in [0.25, 0.3) is 5.91 Å². The number of carbonyl (C=O) groups excluding carboxylic acids is 4. The third-order valence-electron chi connectivity index (χ3n) is 6.12. The number of carbonyl (C=O) groups is 4. The van der Waals surface area contributed by atoms with E-state index in [2.05, 4.69) is 10.6 Å². The average molecular weight is 458 g/mol. The van der Waals surface area contributed by atoms with Crippen molar-refractivity contribution in [2.45, 2.75) is 38.4 Å². The monoisotopic (exact) mass is 458 g/mol. The summed E-state index contributed by atoms with van der Waals surface area (Å²) in [4.78, 5) is 48.4. The number of nitrogens with one attached hydrogen (secondary N) is 2. The third kappa shape index (κ3) is 4.97. The predicted molar refractivity (Wildman–Crippen MR) is 111 cm³/mol. The van der Waals surface area contributed by atoms with Gasteiger partial charge >= 0.3 is 6.18 Å². The third-order valence-corrected chi connectivity index (χ3v) is 6.12. The van der Waals surface area contributed by atoms with Gasteiger partial charge in [0.05, 0.1) is 5.56 Å². The van der Waals surface area contributed by atoms with E-state index in [1.807, 2.05) is 6.07 Å². The van der Waals surface area contributed by atoms with E-state index in [1.165, 1.54) is 0 Å². The summed E-state index contributed by atoms with van der Waals surface area (Å²) >= 11 is 0. The lowest BCUT2D eigenvalue weighted by Gasteiger charge is -2.22. The summed E-state index contributed by atoms with van der Waals surface area (Å²) in [6, 6.07) is 9.21. The molecule has 4 rings (SSSR count). The number of ketones is 1. The number of piperidine rings is 1. The molecular weight excluding hydrogens is 437 g/mol. The minimum absolute atomic E-state index is 0.0324. The fourth-order valence-corrected chi connectivity index (χ4v) is 4.34. The SMILES string of the molecule is O=C1CCC(CC2Cc3cc(CNC(=O)c4ccc(C(F)(F)F)cc4)ccc3C2=O)C(=O)N1. The van der Waals surface area contributed by atoms with Crippen molar-refractivity contribution in [2.75, 3.05) is 0 Å². The van der Waals surface area contributed by atoms with Crippen molar-refractivity contribution in [3.8, 4) is 0 Å². The van der Waals surface area contributed by atoms with Gasteiger partial charge < -0.3 is 5.32 Å². The lowest BCUT2D eigenvalue weighted by atomic mass is 9.86. The van der Waals surface area contributed by atoms with Crippen molar-refractivity contribution in [1.82, 2.24) is 10.6 Å². The second kappa shape index (κ2) is 8.80. The van der Waals surface area contributed by atoms with Crippen LogP contribution in [0.2, 0.25) is 0 Å². The Hall–Kier alpha value is -3.49. The number of halogens is 3. The van der Waals surface area contributed by atoms with Crippen molar-refractivity contribution in [1.29, 1.82) is 0 Å². The van der Waals surface area contributed by atoms with Crippen LogP contribution in [0.5, 0.6) is 0 Å². The average Bonchev–Trinajstić information content (AvgIpc) is 3.08. The zero-order valence-corrected chi connectivity index (χ0v) is 17.5. The van der Waals surface area contributed by atoms with Gasteiger partial charge in [-0.25, -0.2) is 0 Å². The molecule has 0 saturated carbocycles.